The number of aromatic nitrogens is 1. The Morgan fingerprint density at radius 1 is 1.07 bits per heavy atom. The van der Waals surface area contributed by atoms with E-state index in [0.29, 0.717) is 34.5 Å². The van der Waals surface area contributed by atoms with Crippen LogP contribution in [-0.2, 0) is 24.0 Å². The number of halogens is 4. The van der Waals surface area contributed by atoms with Crippen LogP contribution in [0.15, 0.2) is 89.3 Å². The third kappa shape index (κ3) is 7.82. The highest BCUT2D eigenvalue weighted by atomic mass is 127. The number of rotatable bonds is 10. The van der Waals surface area contributed by atoms with E-state index in [2.05, 4.69) is 61.6 Å². The molecule has 220 valence electrons. The fourth-order valence-corrected chi connectivity index (χ4v) is 5.76. The zero-order valence-electron chi connectivity index (χ0n) is 22.6. The van der Waals surface area contributed by atoms with Crippen molar-refractivity contribution in [1.82, 2.24) is 10.4 Å². The molecule has 2 N–H and O–H groups in total. The zero-order valence-corrected chi connectivity index (χ0v) is 25.6. The van der Waals surface area contributed by atoms with Crippen LogP contribution >= 0.6 is 33.9 Å². The highest BCUT2D eigenvalue weighted by Gasteiger charge is 2.30. The first-order valence-electron chi connectivity index (χ1n) is 12.9. The summed E-state index contributed by atoms with van der Waals surface area (Å²) in [6.45, 7) is 0.366. The first kappa shape index (κ1) is 30.3. The molecule has 7 nitrogen and oxygen atoms in total. The lowest BCUT2D eigenvalue weighted by Crippen LogP contribution is -2.20. The molecule has 0 fully saturated rings. The maximum Gasteiger partial charge on any atom is 0.416 e. The van der Waals surface area contributed by atoms with Crippen molar-refractivity contribution in [3.63, 3.8) is 0 Å². The van der Waals surface area contributed by atoms with Crippen molar-refractivity contribution >= 4 is 67.6 Å². The maximum atomic E-state index is 13.0. The lowest BCUT2D eigenvalue weighted by molar-refractivity contribution is -0.137. The molecule has 0 aliphatic carbocycles. The van der Waals surface area contributed by atoms with Crippen molar-refractivity contribution in [2.24, 2.45) is 5.10 Å². The van der Waals surface area contributed by atoms with Crippen LogP contribution in [0.2, 0.25) is 0 Å². The van der Waals surface area contributed by atoms with Crippen molar-refractivity contribution in [2.75, 3.05) is 12.4 Å². The van der Waals surface area contributed by atoms with Gasteiger partial charge in [0.05, 0.1) is 34.6 Å². The van der Waals surface area contributed by atoms with Crippen LogP contribution in [0.5, 0.6) is 11.5 Å². The molecular weight excluding hydrogens is 692 g/mol. The molecule has 43 heavy (non-hydrogen) atoms. The summed E-state index contributed by atoms with van der Waals surface area (Å²) in [5, 5.41) is 11.2. The second-order valence-corrected chi connectivity index (χ2v) is 11.3. The van der Waals surface area contributed by atoms with E-state index >= 15 is 0 Å². The maximum absolute atomic E-state index is 13.0. The average molecular weight is 717 g/mol. The van der Waals surface area contributed by atoms with E-state index in [9.17, 15) is 18.0 Å². The number of ether oxygens (including phenoxy) is 2. The quantitative estimate of drug-likeness (QED) is 0.0872. The number of hydrogen-bond donors (Lipinski definition) is 2. The number of methoxy groups -OCH3 is 1. The van der Waals surface area contributed by atoms with E-state index in [4.69, 9.17) is 9.47 Å². The first-order chi connectivity index (χ1) is 20.7. The molecule has 0 saturated carbocycles. The predicted molar refractivity (Wildman–Crippen MR) is 170 cm³/mol. The molecule has 0 atom stereocenters. The molecule has 5 aromatic rings. The third-order valence-corrected chi connectivity index (χ3v) is 7.85. The molecule has 1 heterocycles. The Kier molecular flexibility index (Phi) is 9.46. The minimum absolute atomic E-state index is 0.0556. The summed E-state index contributed by atoms with van der Waals surface area (Å²) < 4.78 is 51.4. The molecule has 5 rings (SSSR count). The van der Waals surface area contributed by atoms with Crippen LogP contribution in [-0.4, -0.2) is 24.2 Å². The number of fused-ring (bicyclic) bond motifs is 1. The Labute approximate surface area is 262 Å². The Balaban J connectivity index is 1.17. The van der Waals surface area contributed by atoms with Gasteiger partial charge in [0.15, 0.2) is 16.6 Å². The van der Waals surface area contributed by atoms with Crippen LogP contribution in [0, 0.1) is 3.57 Å². The number of alkyl halides is 3. The van der Waals surface area contributed by atoms with Crippen LogP contribution < -0.4 is 20.2 Å². The summed E-state index contributed by atoms with van der Waals surface area (Å²) in [5.41, 5.74) is 4.17. The number of thiazole rings is 1. The van der Waals surface area contributed by atoms with Crippen LogP contribution in [0.25, 0.3) is 10.8 Å². The van der Waals surface area contributed by atoms with Gasteiger partial charge in [0.2, 0.25) is 5.91 Å². The van der Waals surface area contributed by atoms with Gasteiger partial charge >= 0.3 is 6.18 Å². The molecule has 0 aliphatic rings. The molecular formula is C31H24F3IN4O3S. The number of amides is 1. The van der Waals surface area contributed by atoms with E-state index in [1.165, 1.54) is 29.7 Å². The summed E-state index contributed by atoms with van der Waals surface area (Å²) in [5.74, 6) is 0.738. The van der Waals surface area contributed by atoms with Gasteiger partial charge in [0.1, 0.15) is 6.61 Å². The van der Waals surface area contributed by atoms with Gasteiger partial charge in [-0.25, -0.2) is 10.4 Å². The van der Waals surface area contributed by atoms with E-state index in [-0.39, 0.29) is 12.1 Å². The second-order valence-electron chi connectivity index (χ2n) is 9.28. The number of carbonyl (C=O) groups excluding carboxylic acids is 1. The molecule has 0 unspecified atom stereocenters. The lowest BCUT2D eigenvalue weighted by atomic mass is 10.1. The van der Waals surface area contributed by atoms with Gasteiger partial charge in [-0.05, 0) is 74.8 Å². The van der Waals surface area contributed by atoms with Gasteiger partial charge < -0.3 is 14.8 Å². The van der Waals surface area contributed by atoms with Gasteiger partial charge in [-0.2, -0.15) is 18.3 Å². The number of nitrogens with zero attached hydrogens (tertiary/aromatic N) is 2. The number of hydrogen-bond acceptors (Lipinski definition) is 7. The topological polar surface area (TPSA) is 84.8 Å². The molecule has 4 aromatic carbocycles. The van der Waals surface area contributed by atoms with Crippen molar-refractivity contribution in [3.8, 4) is 11.5 Å². The van der Waals surface area contributed by atoms with Crippen molar-refractivity contribution in [1.29, 1.82) is 0 Å². The van der Waals surface area contributed by atoms with Crippen LogP contribution in [0.1, 0.15) is 22.4 Å². The molecule has 0 spiro atoms. The fraction of sp³-hybridized carbons (Fsp3) is 0.129. The van der Waals surface area contributed by atoms with Gasteiger partial charge in [-0.3, -0.25) is 4.79 Å². The monoisotopic (exact) mass is 716 g/mol. The zero-order chi connectivity index (χ0) is 30.4. The molecule has 0 aliphatic heterocycles. The van der Waals surface area contributed by atoms with Gasteiger partial charge in [0.25, 0.3) is 0 Å². The van der Waals surface area contributed by atoms with Gasteiger partial charge in [-0.1, -0.05) is 48.5 Å². The molecule has 0 bridgehead atoms. The number of anilines is 2. The third-order valence-electron chi connectivity index (χ3n) is 6.24. The number of carbonyl (C=O) groups is 1. The van der Waals surface area contributed by atoms with E-state index in [1.807, 2.05) is 30.3 Å². The minimum atomic E-state index is -4.44. The summed E-state index contributed by atoms with van der Waals surface area (Å²) in [6.07, 6.45) is -3.00. The largest absolute Gasteiger partial charge is 0.493 e. The summed E-state index contributed by atoms with van der Waals surface area (Å²) in [6, 6.07) is 22.7. The minimum Gasteiger partial charge on any atom is -0.493 e. The SMILES string of the molecule is COc1cc(/C=N\NC(=O)Cc2csc(Nc3cccc(C(F)(F)F)c3)n2)cc(I)c1OCc1cccc2ccccc12. The molecule has 1 amide bonds. The Bertz CT molecular complexity index is 1790. The first-order valence-corrected chi connectivity index (χ1v) is 14.8. The predicted octanol–water partition coefficient (Wildman–Crippen LogP) is 7.94. The van der Waals surface area contributed by atoms with Crippen LogP contribution in [0.4, 0.5) is 24.0 Å². The number of hydrazone groups is 1. The second kappa shape index (κ2) is 13.4. The van der Waals surface area contributed by atoms with Gasteiger partial charge in [-0.15, -0.1) is 11.3 Å². The van der Waals surface area contributed by atoms with Gasteiger partial charge in [0, 0.05) is 11.1 Å². The normalized spacial score (nSPS) is 11.6. The Morgan fingerprint density at radius 3 is 2.67 bits per heavy atom. The molecule has 0 saturated heterocycles. The molecule has 0 radical (unpaired) electrons. The Hall–Kier alpha value is -4.17. The van der Waals surface area contributed by atoms with Crippen LogP contribution in [0.3, 0.4) is 0 Å². The number of benzene rings is 4. The molecule has 12 heteroatoms. The standard InChI is InChI=1S/C31H24F3IN4O3S/c1-41-27-13-19(12-26(35)29(27)42-17-21-8-4-7-20-6-2-3-11-25(20)21)16-36-39-28(40)15-24-18-43-30(38-24)37-23-10-5-9-22(14-23)31(32,33)34/h2-14,16,18H,15,17H2,1H3,(H,37,38)(H,39,40)/b36-16-. The van der Waals surface area contributed by atoms with Crippen molar-refractivity contribution in [2.45, 2.75) is 19.2 Å². The van der Waals surface area contributed by atoms with E-state index in [1.54, 1.807) is 18.6 Å². The lowest BCUT2D eigenvalue weighted by Gasteiger charge is -2.14. The van der Waals surface area contributed by atoms with Crippen molar-refractivity contribution in [3.05, 3.63) is 110 Å². The van der Waals surface area contributed by atoms with Crippen molar-refractivity contribution < 1.29 is 27.4 Å². The smallest absolute Gasteiger partial charge is 0.416 e. The summed E-state index contributed by atoms with van der Waals surface area (Å²) in [4.78, 5) is 16.7. The highest BCUT2D eigenvalue weighted by molar-refractivity contribution is 14.1. The van der Waals surface area contributed by atoms with E-state index in [0.717, 1.165) is 32.0 Å². The summed E-state index contributed by atoms with van der Waals surface area (Å²) >= 11 is 3.35. The van der Waals surface area contributed by atoms with E-state index < -0.39 is 17.6 Å². The summed E-state index contributed by atoms with van der Waals surface area (Å²) in [7, 11) is 1.56. The molecule has 1 aromatic heterocycles. The fourth-order valence-electron chi connectivity index (χ4n) is 4.25. The average Bonchev–Trinajstić information content (AvgIpc) is 3.42. The highest BCUT2D eigenvalue weighted by Crippen LogP contribution is 2.35. The Morgan fingerprint density at radius 2 is 1.86 bits per heavy atom. The number of nitrogens with one attached hydrogen (secondary N) is 2.